The van der Waals surface area contributed by atoms with Gasteiger partial charge in [0.2, 0.25) is 5.91 Å². The standard InChI is InChI=1S/C15H17N5O3/c21-14(10-2-1-5-20(9-10)15(22)23)19-12-3-4-13(16-8-12)11-6-17-18-7-11/h3-4,6-8,10H,1-2,5,9H2,(H,17,18)(H,19,21)(H,22,23). The van der Waals surface area contributed by atoms with Crippen LogP contribution in [0.25, 0.3) is 11.3 Å². The number of carboxylic acid groups (broad SMARTS) is 1. The van der Waals surface area contributed by atoms with E-state index in [9.17, 15) is 9.59 Å². The van der Waals surface area contributed by atoms with Gasteiger partial charge in [-0.1, -0.05) is 0 Å². The van der Waals surface area contributed by atoms with Gasteiger partial charge in [-0.25, -0.2) is 4.79 Å². The van der Waals surface area contributed by atoms with Crippen molar-refractivity contribution in [1.29, 1.82) is 0 Å². The monoisotopic (exact) mass is 315 g/mol. The maximum absolute atomic E-state index is 12.3. The molecule has 1 fully saturated rings. The van der Waals surface area contributed by atoms with E-state index in [1.165, 1.54) is 4.90 Å². The Hall–Kier alpha value is -2.90. The van der Waals surface area contributed by atoms with Crippen molar-refractivity contribution in [3.05, 3.63) is 30.7 Å². The molecule has 8 nitrogen and oxygen atoms in total. The lowest BCUT2D eigenvalue weighted by atomic mass is 9.97. The van der Waals surface area contributed by atoms with Crippen molar-refractivity contribution in [1.82, 2.24) is 20.1 Å². The zero-order valence-electron chi connectivity index (χ0n) is 12.4. The summed E-state index contributed by atoms with van der Waals surface area (Å²) in [5, 5.41) is 18.4. The van der Waals surface area contributed by atoms with Gasteiger partial charge in [0, 0.05) is 24.8 Å². The molecule has 0 bridgehead atoms. The van der Waals surface area contributed by atoms with Crippen LogP contribution < -0.4 is 5.32 Å². The van der Waals surface area contributed by atoms with E-state index in [0.29, 0.717) is 25.1 Å². The molecule has 1 aliphatic heterocycles. The molecule has 3 heterocycles. The molecule has 0 radical (unpaired) electrons. The van der Waals surface area contributed by atoms with Gasteiger partial charge in [-0.15, -0.1) is 0 Å². The fourth-order valence-corrected chi connectivity index (χ4v) is 2.64. The first-order chi connectivity index (χ1) is 11.1. The Morgan fingerprint density at radius 3 is 2.87 bits per heavy atom. The molecule has 1 aliphatic rings. The number of aromatic nitrogens is 3. The number of piperidine rings is 1. The molecule has 1 saturated heterocycles. The van der Waals surface area contributed by atoms with Crippen LogP contribution in [0.15, 0.2) is 30.7 Å². The lowest BCUT2D eigenvalue weighted by molar-refractivity contribution is -0.121. The van der Waals surface area contributed by atoms with Crippen molar-refractivity contribution in [3.63, 3.8) is 0 Å². The van der Waals surface area contributed by atoms with E-state index < -0.39 is 6.09 Å². The van der Waals surface area contributed by atoms with Crippen LogP contribution in [0.1, 0.15) is 12.8 Å². The number of rotatable bonds is 3. The number of likely N-dealkylation sites (tertiary alicyclic amines) is 1. The number of hydrogen-bond donors (Lipinski definition) is 3. The summed E-state index contributed by atoms with van der Waals surface area (Å²) in [7, 11) is 0. The molecule has 3 rings (SSSR count). The van der Waals surface area contributed by atoms with Crippen LogP contribution in [0.4, 0.5) is 10.5 Å². The van der Waals surface area contributed by atoms with E-state index in [4.69, 9.17) is 5.11 Å². The number of aromatic amines is 1. The number of pyridine rings is 1. The summed E-state index contributed by atoms with van der Waals surface area (Å²) in [5.74, 6) is -0.498. The van der Waals surface area contributed by atoms with Crippen LogP contribution in [0.2, 0.25) is 0 Å². The molecule has 2 aromatic rings. The summed E-state index contributed by atoms with van der Waals surface area (Å²) < 4.78 is 0. The number of hydrogen-bond acceptors (Lipinski definition) is 4. The molecule has 3 N–H and O–H groups in total. The first kappa shape index (κ1) is 15.0. The summed E-state index contributed by atoms with van der Waals surface area (Å²) in [6.45, 7) is 0.724. The minimum Gasteiger partial charge on any atom is -0.465 e. The molecule has 1 atom stereocenters. The number of nitrogens with zero attached hydrogens (tertiary/aromatic N) is 3. The van der Waals surface area contributed by atoms with Crippen molar-refractivity contribution in [2.75, 3.05) is 18.4 Å². The lowest BCUT2D eigenvalue weighted by Crippen LogP contribution is -2.43. The van der Waals surface area contributed by atoms with Gasteiger partial charge in [-0.2, -0.15) is 5.10 Å². The number of carbonyl (C=O) groups is 2. The molecule has 0 spiro atoms. The van der Waals surface area contributed by atoms with E-state index >= 15 is 0 Å². The number of amides is 2. The molecule has 0 saturated carbocycles. The zero-order valence-corrected chi connectivity index (χ0v) is 12.4. The summed E-state index contributed by atoms with van der Waals surface area (Å²) in [5.41, 5.74) is 2.22. The third-order valence-electron chi connectivity index (χ3n) is 3.89. The Labute approximate surface area is 132 Å². The predicted molar refractivity (Wildman–Crippen MR) is 82.8 cm³/mol. The first-order valence-electron chi connectivity index (χ1n) is 7.37. The van der Waals surface area contributed by atoms with E-state index in [2.05, 4.69) is 20.5 Å². The smallest absolute Gasteiger partial charge is 0.407 e. The average molecular weight is 315 g/mol. The average Bonchev–Trinajstić information content (AvgIpc) is 3.10. The summed E-state index contributed by atoms with van der Waals surface area (Å²) >= 11 is 0. The van der Waals surface area contributed by atoms with Gasteiger partial charge in [0.1, 0.15) is 0 Å². The van der Waals surface area contributed by atoms with Gasteiger partial charge in [0.05, 0.1) is 29.7 Å². The van der Waals surface area contributed by atoms with Crippen molar-refractivity contribution in [3.8, 4) is 11.3 Å². The SMILES string of the molecule is O=C(Nc1ccc(-c2cn[nH]c2)nc1)C1CCCN(C(=O)O)C1. The highest BCUT2D eigenvalue weighted by molar-refractivity contribution is 5.93. The number of nitrogens with one attached hydrogen (secondary N) is 2. The third-order valence-corrected chi connectivity index (χ3v) is 3.89. The van der Waals surface area contributed by atoms with E-state index in [0.717, 1.165) is 11.3 Å². The highest BCUT2D eigenvalue weighted by Gasteiger charge is 2.28. The molecule has 8 heteroatoms. The molecule has 0 aromatic carbocycles. The number of H-pyrrole nitrogens is 1. The Morgan fingerprint density at radius 2 is 2.22 bits per heavy atom. The van der Waals surface area contributed by atoms with E-state index in [1.54, 1.807) is 30.7 Å². The van der Waals surface area contributed by atoms with Crippen LogP contribution in [-0.4, -0.2) is 50.3 Å². The molecule has 0 aliphatic carbocycles. The molecular formula is C15H17N5O3. The topological polar surface area (TPSA) is 111 Å². The molecular weight excluding hydrogens is 298 g/mol. The maximum Gasteiger partial charge on any atom is 0.407 e. The van der Waals surface area contributed by atoms with Gasteiger partial charge >= 0.3 is 6.09 Å². The fourth-order valence-electron chi connectivity index (χ4n) is 2.64. The Bertz CT molecular complexity index is 684. The number of carbonyl (C=O) groups excluding carboxylic acids is 1. The summed E-state index contributed by atoms with van der Waals surface area (Å²) in [4.78, 5) is 28.9. The molecule has 120 valence electrons. The van der Waals surface area contributed by atoms with Crippen LogP contribution in [0.5, 0.6) is 0 Å². The minimum absolute atomic E-state index is 0.172. The highest BCUT2D eigenvalue weighted by atomic mass is 16.4. The van der Waals surface area contributed by atoms with Crippen molar-refractivity contribution < 1.29 is 14.7 Å². The van der Waals surface area contributed by atoms with Gasteiger partial charge in [0.15, 0.2) is 0 Å². The lowest BCUT2D eigenvalue weighted by Gasteiger charge is -2.29. The highest BCUT2D eigenvalue weighted by Crippen LogP contribution is 2.20. The second-order valence-corrected chi connectivity index (χ2v) is 5.48. The van der Waals surface area contributed by atoms with E-state index in [-0.39, 0.29) is 18.4 Å². The van der Waals surface area contributed by atoms with Crippen LogP contribution in [0, 0.1) is 5.92 Å². The molecule has 2 aromatic heterocycles. The minimum atomic E-state index is -0.978. The predicted octanol–water partition coefficient (Wildman–Crippen LogP) is 1.80. The Morgan fingerprint density at radius 1 is 1.35 bits per heavy atom. The summed E-state index contributed by atoms with van der Waals surface area (Å²) in [6.07, 6.45) is 5.40. The van der Waals surface area contributed by atoms with Crippen molar-refractivity contribution in [2.24, 2.45) is 5.92 Å². The van der Waals surface area contributed by atoms with Gasteiger partial charge in [-0.05, 0) is 25.0 Å². The van der Waals surface area contributed by atoms with E-state index in [1.807, 2.05) is 0 Å². The normalized spacial score (nSPS) is 17.7. The Balaban J connectivity index is 1.62. The van der Waals surface area contributed by atoms with Gasteiger partial charge < -0.3 is 15.3 Å². The van der Waals surface area contributed by atoms with Crippen molar-refractivity contribution in [2.45, 2.75) is 12.8 Å². The van der Waals surface area contributed by atoms with Crippen LogP contribution in [-0.2, 0) is 4.79 Å². The molecule has 2 amide bonds. The largest absolute Gasteiger partial charge is 0.465 e. The molecule has 23 heavy (non-hydrogen) atoms. The molecule has 1 unspecified atom stereocenters. The number of anilines is 1. The summed E-state index contributed by atoms with van der Waals surface area (Å²) in [6, 6.07) is 3.57. The second-order valence-electron chi connectivity index (χ2n) is 5.48. The zero-order chi connectivity index (χ0) is 16.2. The first-order valence-corrected chi connectivity index (χ1v) is 7.37. The van der Waals surface area contributed by atoms with Gasteiger partial charge in [0.25, 0.3) is 0 Å². The van der Waals surface area contributed by atoms with Crippen LogP contribution >= 0.6 is 0 Å². The Kier molecular flexibility index (Phi) is 4.22. The van der Waals surface area contributed by atoms with Crippen LogP contribution in [0.3, 0.4) is 0 Å². The maximum atomic E-state index is 12.3. The third kappa shape index (κ3) is 3.47. The second kappa shape index (κ2) is 6.47. The van der Waals surface area contributed by atoms with Crippen molar-refractivity contribution >= 4 is 17.7 Å². The fraction of sp³-hybridized carbons (Fsp3) is 0.333. The van der Waals surface area contributed by atoms with Gasteiger partial charge in [-0.3, -0.25) is 14.9 Å². The quantitative estimate of drug-likeness (QED) is 0.799.